The summed E-state index contributed by atoms with van der Waals surface area (Å²) in [5.74, 6) is 0.0362. The van der Waals surface area contributed by atoms with Crippen LogP contribution in [0.4, 0.5) is 0 Å². The standard InChI is InChI=1S/C12H14BrNO2/c13-10-3-4-11-9(8-10)2-1-5-14(6-7-15)12(11)16/h3-4,8,15H,1-2,5-7H2. The maximum absolute atomic E-state index is 12.1. The monoisotopic (exact) mass is 283 g/mol. The van der Waals surface area contributed by atoms with Gasteiger partial charge in [-0.25, -0.2) is 0 Å². The molecule has 0 aromatic heterocycles. The Morgan fingerprint density at radius 3 is 3.00 bits per heavy atom. The number of aliphatic hydroxyl groups is 1. The second-order valence-electron chi connectivity index (χ2n) is 3.92. The van der Waals surface area contributed by atoms with Crippen LogP contribution in [0.2, 0.25) is 0 Å². The number of aryl methyl sites for hydroxylation is 1. The number of carbonyl (C=O) groups excluding carboxylic acids is 1. The lowest BCUT2D eigenvalue weighted by Gasteiger charge is -2.19. The minimum Gasteiger partial charge on any atom is -0.395 e. The van der Waals surface area contributed by atoms with Crippen molar-refractivity contribution < 1.29 is 9.90 Å². The molecule has 0 fully saturated rings. The van der Waals surface area contributed by atoms with Gasteiger partial charge in [0.1, 0.15) is 0 Å². The summed E-state index contributed by atoms with van der Waals surface area (Å²) in [5, 5.41) is 8.92. The molecular formula is C12H14BrNO2. The van der Waals surface area contributed by atoms with E-state index in [4.69, 9.17) is 5.11 Å². The van der Waals surface area contributed by atoms with Crippen LogP contribution in [0, 0.1) is 0 Å². The van der Waals surface area contributed by atoms with E-state index in [1.165, 1.54) is 0 Å². The molecular weight excluding hydrogens is 270 g/mol. The largest absolute Gasteiger partial charge is 0.395 e. The summed E-state index contributed by atoms with van der Waals surface area (Å²) in [6, 6.07) is 5.76. The number of rotatable bonds is 2. The normalized spacial score (nSPS) is 15.9. The first kappa shape index (κ1) is 11.6. The van der Waals surface area contributed by atoms with Crippen LogP contribution in [-0.4, -0.2) is 35.6 Å². The predicted octanol–water partition coefficient (Wildman–Crippen LogP) is 1.83. The van der Waals surface area contributed by atoms with Gasteiger partial charge in [0.05, 0.1) is 6.61 Å². The second kappa shape index (κ2) is 4.97. The molecule has 2 rings (SSSR count). The molecule has 0 spiro atoms. The molecule has 1 heterocycles. The molecule has 1 aromatic carbocycles. The Balaban J connectivity index is 2.33. The Bertz CT molecular complexity index is 406. The Morgan fingerprint density at radius 1 is 1.44 bits per heavy atom. The number of hydrogen-bond donors (Lipinski definition) is 1. The highest BCUT2D eigenvalue weighted by molar-refractivity contribution is 9.10. The van der Waals surface area contributed by atoms with Crippen LogP contribution >= 0.6 is 15.9 Å². The minimum atomic E-state index is 0.0254. The fraction of sp³-hybridized carbons (Fsp3) is 0.417. The van der Waals surface area contributed by atoms with Gasteiger partial charge in [-0.2, -0.15) is 0 Å². The van der Waals surface area contributed by atoms with Crippen molar-refractivity contribution >= 4 is 21.8 Å². The van der Waals surface area contributed by atoms with E-state index in [2.05, 4.69) is 15.9 Å². The molecule has 1 aliphatic heterocycles. The van der Waals surface area contributed by atoms with E-state index in [0.29, 0.717) is 6.54 Å². The van der Waals surface area contributed by atoms with Crippen LogP contribution < -0.4 is 0 Å². The van der Waals surface area contributed by atoms with Gasteiger partial charge in [0, 0.05) is 23.1 Å². The van der Waals surface area contributed by atoms with Crippen molar-refractivity contribution in [3.63, 3.8) is 0 Å². The van der Waals surface area contributed by atoms with Gasteiger partial charge in [-0.1, -0.05) is 15.9 Å². The van der Waals surface area contributed by atoms with E-state index in [1.54, 1.807) is 4.90 Å². The zero-order valence-electron chi connectivity index (χ0n) is 8.95. The summed E-state index contributed by atoms with van der Waals surface area (Å²) >= 11 is 3.42. The maximum Gasteiger partial charge on any atom is 0.254 e. The summed E-state index contributed by atoms with van der Waals surface area (Å²) in [6.45, 7) is 1.18. The summed E-state index contributed by atoms with van der Waals surface area (Å²) in [5.41, 5.74) is 1.87. The van der Waals surface area contributed by atoms with Gasteiger partial charge in [0.2, 0.25) is 0 Å². The van der Waals surface area contributed by atoms with Crippen LogP contribution in [0.15, 0.2) is 22.7 Å². The summed E-state index contributed by atoms with van der Waals surface area (Å²) in [7, 11) is 0. The smallest absolute Gasteiger partial charge is 0.254 e. The van der Waals surface area contributed by atoms with E-state index in [0.717, 1.165) is 35.0 Å². The molecule has 1 amide bonds. The third kappa shape index (κ3) is 2.28. The Morgan fingerprint density at radius 2 is 2.25 bits per heavy atom. The summed E-state index contributed by atoms with van der Waals surface area (Å²) in [4.78, 5) is 13.9. The number of carbonyl (C=O) groups is 1. The molecule has 1 aromatic rings. The lowest BCUT2D eigenvalue weighted by atomic mass is 10.0. The van der Waals surface area contributed by atoms with Crippen LogP contribution in [-0.2, 0) is 6.42 Å². The molecule has 0 unspecified atom stereocenters. The van der Waals surface area contributed by atoms with Gasteiger partial charge >= 0.3 is 0 Å². The van der Waals surface area contributed by atoms with Crippen molar-refractivity contribution in [2.45, 2.75) is 12.8 Å². The first-order chi connectivity index (χ1) is 7.72. The lowest BCUT2D eigenvalue weighted by molar-refractivity contribution is 0.0727. The van der Waals surface area contributed by atoms with E-state index in [-0.39, 0.29) is 12.5 Å². The molecule has 4 heteroatoms. The Labute approximate surface area is 103 Å². The van der Waals surface area contributed by atoms with Gasteiger partial charge in [0.15, 0.2) is 0 Å². The van der Waals surface area contributed by atoms with Crippen molar-refractivity contribution in [3.05, 3.63) is 33.8 Å². The van der Waals surface area contributed by atoms with Gasteiger partial charge < -0.3 is 10.0 Å². The first-order valence-corrected chi connectivity index (χ1v) is 6.20. The van der Waals surface area contributed by atoms with Crippen molar-refractivity contribution in [1.82, 2.24) is 4.90 Å². The molecule has 1 N–H and O–H groups in total. The Kier molecular flexibility index (Phi) is 3.61. The molecule has 1 aliphatic rings. The molecule has 0 atom stereocenters. The first-order valence-electron chi connectivity index (χ1n) is 5.41. The number of aliphatic hydroxyl groups excluding tert-OH is 1. The van der Waals surface area contributed by atoms with Crippen LogP contribution in [0.25, 0.3) is 0 Å². The number of β-amino-alcohol motifs (C(OH)–C–C–N with tert-alkyl or cyclic N) is 1. The maximum atomic E-state index is 12.1. The zero-order valence-corrected chi connectivity index (χ0v) is 10.5. The molecule has 0 saturated heterocycles. The van der Waals surface area contributed by atoms with Gasteiger partial charge in [-0.15, -0.1) is 0 Å². The van der Waals surface area contributed by atoms with Gasteiger partial charge in [-0.3, -0.25) is 4.79 Å². The summed E-state index contributed by atoms with van der Waals surface area (Å²) in [6.07, 6.45) is 1.87. The molecule has 0 bridgehead atoms. The number of amides is 1. The number of benzene rings is 1. The van der Waals surface area contributed by atoms with Crippen molar-refractivity contribution in [2.24, 2.45) is 0 Å². The molecule has 16 heavy (non-hydrogen) atoms. The van der Waals surface area contributed by atoms with Crippen molar-refractivity contribution in [1.29, 1.82) is 0 Å². The van der Waals surface area contributed by atoms with E-state index in [9.17, 15) is 4.79 Å². The van der Waals surface area contributed by atoms with Crippen LogP contribution in [0.3, 0.4) is 0 Å². The predicted molar refractivity (Wildman–Crippen MR) is 65.5 cm³/mol. The lowest BCUT2D eigenvalue weighted by Crippen LogP contribution is -2.33. The topological polar surface area (TPSA) is 40.5 Å². The van der Waals surface area contributed by atoms with Gasteiger partial charge in [0.25, 0.3) is 5.91 Å². The fourth-order valence-corrected chi connectivity index (χ4v) is 2.45. The third-order valence-electron chi connectivity index (χ3n) is 2.83. The zero-order chi connectivity index (χ0) is 11.5. The molecule has 86 valence electrons. The Hall–Kier alpha value is -0.870. The van der Waals surface area contributed by atoms with E-state index < -0.39 is 0 Å². The van der Waals surface area contributed by atoms with E-state index >= 15 is 0 Å². The van der Waals surface area contributed by atoms with Crippen molar-refractivity contribution in [2.75, 3.05) is 19.7 Å². The number of fused-ring (bicyclic) bond motifs is 1. The van der Waals surface area contributed by atoms with Crippen LogP contribution in [0.5, 0.6) is 0 Å². The number of nitrogens with zero attached hydrogens (tertiary/aromatic N) is 1. The number of hydrogen-bond acceptors (Lipinski definition) is 2. The average Bonchev–Trinajstić information content (AvgIpc) is 2.40. The SMILES string of the molecule is O=C1c2ccc(Br)cc2CCCN1CCO. The third-order valence-corrected chi connectivity index (χ3v) is 3.32. The van der Waals surface area contributed by atoms with Gasteiger partial charge in [-0.05, 0) is 36.6 Å². The molecule has 3 nitrogen and oxygen atoms in total. The molecule has 0 saturated carbocycles. The molecule has 0 aliphatic carbocycles. The highest BCUT2D eigenvalue weighted by Gasteiger charge is 2.21. The minimum absolute atomic E-state index is 0.0254. The molecule has 0 radical (unpaired) electrons. The fourth-order valence-electron chi connectivity index (χ4n) is 2.04. The van der Waals surface area contributed by atoms with Crippen LogP contribution in [0.1, 0.15) is 22.3 Å². The number of halogens is 1. The highest BCUT2D eigenvalue weighted by atomic mass is 79.9. The highest BCUT2D eigenvalue weighted by Crippen LogP contribution is 2.22. The average molecular weight is 284 g/mol. The van der Waals surface area contributed by atoms with E-state index in [1.807, 2.05) is 18.2 Å². The quantitative estimate of drug-likeness (QED) is 0.900. The summed E-state index contributed by atoms with van der Waals surface area (Å²) < 4.78 is 1.01. The van der Waals surface area contributed by atoms with Crippen molar-refractivity contribution in [3.8, 4) is 0 Å². The second-order valence-corrected chi connectivity index (χ2v) is 4.84.